The molecule has 2 aromatic rings. The molecule has 3 rings (SSSR count). The number of carbonyl (C=O) groups excluding carboxylic acids is 1. The molecule has 1 aromatic carbocycles. The number of ether oxygens (including phenoxy) is 1. The number of amides is 1. The number of aliphatic hydroxyl groups is 1. The lowest BCUT2D eigenvalue weighted by atomic mass is 9.99. The molecule has 0 radical (unpaired) electrons. The van der Waals surface area contributed by atoms with E-state index in [1.807, 2.05) is 35.0 Å². The van der Waals surface area contributed by atoms with Crippen LogP contribution in [0.25, 0.3) is 6.08 Å². The van der Waals surface area contributed by atoms with Crippen molar-refractivity contribution in [3.63, 3.8) is 0 Å². The van der Waals surface area contributed by atoms with Gasteiger partial charge in [0.25, 0.3) is 0 Å². The van der Waals surface area contributed by atoms with Gasteiger partial charge in [0.05, 0.1) is 13.2 Å². The molecule has 2 N–H and O–H groups in total. The number of hydrogen-bond acceptors (Lipinski definition) is 4. The Morgan fingerprint density at radius 3 is 3.13 bits per heavy atom. The predicted octanol–water partition coefficient (Wildman–Crippen LogP) is 2.72. The van der Waals surface area contributed by atoms with E-state index in [1.54, 1.807) is 13.0 Å². The number of carbonyl (C=O) groups is 1. The van der Waals surface area contributed by atoms with E-state index in [2.05, 4.69) is 5.32 Å². The van der Waals surface area contributed by atoms with E-state index >= 15 is 0 Å². The van der Waals surface area contributed by atoms with Gasteiger partial charge in [-0.1, -0.05) is 6.07 Å². The lowest BCUT2D eigenvalue weighted by molar-refractivity contribution is -0.117. The topological polar surface area (TPSA) is 58.6 Å². The average molecular weight is 329 g/mol. The van der Waals surface area contributed by atoms with Crippen molar-refractivity contribution in [3.8, 4) is 5.75 Å². The van der Waals surface area contributed by atoms with Crippen LogP contribution in [0.3, 0.4) is 0 Å². The van der Waals surface area contributed by atoms with Crippen molar-refractivity contribution < 1.29 is 14.6 Å². The molecule has 0 fully saturated rings. The van der Waals surface area contributed by atoms with Crippen molar-refractivity contribution in [2.24, 2.45) is 0 Å². The molecule has 1 amide bonds. The van der Waals surface area contributed by atoms with Gasteiger partial charge in [-0.2, -0.15) is 11.3 Å². The van der Waals surface area contributed by atoms with Gasteiger partial charge in [-0.25, -0.2) is 0 Å². The van der Waals surface area contributed by atoms with Gasteiger partial charge in [0, 0.05) is 12.5 Å². The molecule has 0 aliphatic carbocycles. The van der Waals surface area contributed by atoms with Crippen molar-refractivity contribution in [1.82, 2.24) is 5.32 Å². The maximum absolute atomic E-state index is 11.9. The lowest BCUT2D eigenvalue weighted by Crippen LogP contribution is -2.37. The highest BCUT2D eigenvalue weighted by atomic mass is 32.1. The highest BCUT2D eigenvalue weighted by Gasteiger charge is 2.23. The average Bonchev–Trinajstić information content (AvgIpc) is 3.21. The maximum atomic E-state index is 11.9. The van der Waals surface area contributed by atoms with Crippen LogP contribution in [-0.2, 0) is 16.8 Å². The molecule has 0 saturated carbocycles. The highest BCUT2D eigenvalue weighted by Crippen LogP contribution is 2.26. The monoisotopic (exact) mass is 329 g/mol. The fourth-order valence-corrected chi connectivity index (χ4v) is 3.26. The van der Waals surface area contributed by atoms with Gasteiger partial charge in [-0.05, 0) is 58.6 Å². The molecule has 0 saturated heterocycles. The summed E-state index contributed by atoms with van der Waals surface area (Å²) in [6.45, 7) is 2.59. The molecule has 23 heavy (non-hydrogen) atoms. The zero-order valence-electron chi connectivity index (χ0n) is 12.9. The molecule has 0 spiro atoms. The van der Waals surface area contributed by atoms with Gasteiger partial charge in [-0.15, -0.1) is 0 Å². The van der Waals surface area contributed by atoms with Gasteiger partial charge < -0.3 is 15.2 Å². The third-order valence-corrected chi connectivity index (χ3v) is 4.57. The largest absolute Gasteiger partial charge is 0.493 e. The third kappa shape index (κ3) is 3.81. The van der Waals surface area contributed by atoms with Crippen molar-refractivity contribution in [2.75, 3.05) is 13.2 Å². The van der Waals surface area contributed by atoms with Gasteiger partial charge >= 0.3 is 0 Å². The van der Waals surface area contributed by atoms with Crippen LogP contribution in [-0.4, -0.2) is 24.2 Å². The molecule has 1 unspecified atom stereocenters. The second-order valence-electron chi connectivity index (χ2n) is 5.80. The Bertz CT molecular complexity index is 720. The fraction of sp³-hybridized carbons (Fsp3) is 0.278. The molecule has 1 atom stereocenters. The normalized spacial score (nSPS) is 15.9. The Hall–Kier alpha value is -2.11. The van der Waals surface area contributed by atoms with Crippen LogP contribution in [0.15, 0.2) is 41.1 Å². The first-order valence-corrected chi connectivity index (χ1v) is 8.45. The fourth-order valence-electron chi connectivity index (χ4n) is 2.47. The Morgan fingerprint density at radius 2 is 2.35 bits per heavy atom. The quantitative estimate of drug-likeness (QED) is 0.829. The van der Waals surface area contributed by atoms with Crippen LogP contribution in [0.1, 0.15) is 23.6 Å². The molecule has 1 aliphatic heterocycles. The third-order valence-electron chi connectivity index (χ3n) is 3.89. The van der Waals surface area contributed by atoms with E-state index in [1.165, 1.54) is 23.0 Å². The summed E-state index contributed by atoms with van der Waals surface area (Å²) in [5.74, 6) is 0.704. The summed E-state index contributed by atoms with van der Waals surface area (Å²) in [6, 6.07) is 7.75. The summed E-state index contributed by atoms with van der Waals surface area (Å²) in [6.07, 6.45) is 4.17. The molecular weight excluding hydrogens is 310 g/mol. The second kappa shape index (κ2) is 6.56. The minimum atomic E-state index is -1.06. The SMILES string of the molecule is CC(O)(CNC(=O)C=Cc1ccc2c(c1)CCO2)c1ccsc1. The lowest BCUT2D eigenvalue weighted by Gasteiger charge is -2.22. The van der Waals surface area contributed by atoms with Crippen LogP contribution >= 0.6 is 11.3 Å². The summed E-state index contributed by atoms with van der Waals surface area (Å²) in [4.78, 5) is 11.9. The Morgan fingerprint density at radius 1 is 1.48 bits per heavy atom. The summed E-state index contributed by atoms with van der Waals surface area (Å²) >= 11 is 1.52. The molecular formula is C18H19NO3S. The molecule has 1 aromatic heterocycles. The zero-order chi connectivity index (χ0) is 16.3. The minimum absolute atomic E-state index is 0.172. The number of benzene rings is 1. The number of hydrogen-bond donors (Lipinski definition) is 2. The summed E-state index contributed by atoms with van der Waals surface area (Å²) in [5, 5.41) is 16.9. The maximum Gasteiger partial charge on any atom is 0.244 e. The Kier molecular flexibility index (Phi) is 4.50. The molecule has 1 aliphatic rings. The number of fused-ring (bicyclic) bond motifs is 1. The van der Waals surface area contributed by atoms with Crippen LogP contribution < -0.4 is 10.1 Å². The molecule has 5 heteroatoms. The van der Waals surface area contributed by atoms with Crippen molar-refractivity contribution in [3.05, 3.63) is 57.8 Å². The van der Waals surface area contributed by atoms with Crippen molar-refractivity contribution in [2.45, 2.75) is 18.9 Å². The smallest absolute Gasteiger partial charge is 0.244 e. The summed E-state index contributed by atoms with van der Waals surface area (Å²) in [5.41, 5.74) is 1.89. The molecule has 120 valence electrons. The van der Waals surface area contributed by atoms with E-state index in [4.69, 9.17) is 4.74 Å². The van der Waals surface area contributed by atoms with Crippen molar-refractivity contribution >= 4 is 23.3 Å². The highest BCUT2D eigenvalue weighted by molar-refractivity contribution is 7.08. The van der Waals surface area contributed by atoms with Crippen molar-refractivity contribution in [1.29, 1.82) is 0 Å². The van der Waals surface area contributed by atoms with Crippen LogP contribution in [0, 0.1) is 0 Å². The first-order chi connectivity index (χ1) is 11.0. The first-order valence-electron chi connectivity index (χ1n) is 7.51. The standard InChI is InChI=1S/C18H19NO3S/c1-18(21,15-7-9-23-11-15)12-19-17(20)5-3-13-2-4-16-14(10-13)6-8-22-16/h2-5,7,9-11,21H,6,8,12H2,1H3,(H,19,20). The summed E-state index contributed by atoms with van der Waals surface area (Å²) in [7, 11) is 0. The van der Waals surface area contributed by atoms with Gasteiger partial charge in [-0.3, -0.25) is 4.79 Å². The molecule has 2 heterocycles. The van der Waals surface area contributed by atoms with Crippen LogP contribution in [0.4, 0.5) is 0 Å². The second-order valence-corrected chi connectivity index (χ2v) is 6.58. The first kappa shape index (κ1) is 15.8. The van der Waals surface area contributed by atoms with Gasteiger partial charge in [0.15, 0.2) is 0 Å². The predicted molar refractivity (Wildman–Crippen MR) is 91.6 cm³/mol. The van der Waals surface area contributed by atoms with E-state index in [0.717, 1.165) is 29.9 Å². The van der Waals surface area contributed by atoms with Gasteiger partial charge in [0.1, 0.15) is 11.4 Å². The molecule has 0 bridgehead atoms. The molecule has 4 nitrogen and oxygen atoms in total. The van der Waals surface area contributed by atoms with Gasteiger partial charge in [0.2, 0.25) is 5.91 Å². The van der Waals surface area contributed by atoms with Crippen LogP contribution in [0.2, 0.25) is 0 Å². The Balaban J connectivity index is 1.57. The zero-order valence-corrected chi connectivity index (χ0v) is 13.7. The van der Waals surface area contributed by atoms with E-state index in [-0.39, 0.29) is 12.5 Å². The number of thiophene rings is 1. The number of nitrogens with one attached hydrogen (secondary N) is 1. The summed E-state index contributed by atoms with van der Waals surface area (Å²) < 4.78 is 5.46. The Labute approximate surface area is 139 Å². The van der Waals surface area contributed by atoms with E-state index in [0.29, 0.717) is 0 Å². The van der Waals surface area contributed by atoms with E-state index in [9.17, 15) is 9.90 Å². The van der Waals surface area contributed by atoms with E-state index < -0.39 is 5.60 Å². The number of rotatable bonds is 5. The van der Waals surface area contributed by atoms with Crippen LogP contribution in [0.5, 0.6) is 5.75 Å². The minimum Gasteiger partial charge on any atom is -0.493 e.